The van der Waals surface area contributed by atoms with E-state index in [0.717, 1.165) is 44.9 Å². The van der Waals surface area contributed by atoms with E-state index in [2.05, 4.69) is 5.32 Å². The summed E-state index contributed by atoms with van der Waals surface area (Å²) in [6.07, 6.45) is 7.39. The maximum Gasteiger partial charge on any atom is 0.303 e. The van der Waals surface area contributed by atoms with E-state index in [0.29, 0.717) is 13.0 Å². The summed E-state index contributed by atoms with van der Waals surface area (Å²) >= 11 is 0. The molecule has 2 N–H and O–H groups in total. The number of amides is 2. The van der Waals surface area contributed by atoms with Gasteiger partial charge in [0, 0.05) is 24.9 Å². The molecule has 2 aliphatic rings. The number of rotatable bonds is 6. The molecular weight excluding hydrogens is 296 g/mol. The summed E-state index contributed by atoms with van der Waals surface area (Å²) in [5.74, 6) is -0.867. The molecule has 2 fully saturated rings. The molecule has 1 aliphatic heterocycles. The number of nitrogens with zero attached hydrogens (tertiary/aromatic N) is 1. The topological polar surface area (TPSA) is 86.7 Å². The Bertz CT molecular complexity index is 446. The number of carboxylic acids is 1. The van der Waals surface area contributed by atoms with Gasteiger partial charge in [0.15, 0.2) is 0 Å². The Morgan fingerprint density at radius 3 is 2.43 bits per heavy atom. The number of piperidine rings is 1. The van der Waals surface area contributed by atoms with E-state index in [9.17, 15) is 14.4 Å². The number of carboxylic acid groups (broad SMARTS) is 1. The molecule has 2 atom stereocenters. The zero-order valence-electron chi connectivity index (χ0n) is 13.9. The molecule has 0 aromatic carbocycles. The van der Waals surface area contributed by atoms with Crippen LogP contribution in [0, 0.1) is 5.92 Å². The van der Waals surface area contributed by atoms with Crippen LogP contribution in [0.25, 0.3) is 0 Å². The van der Waals surface area contributed by atoms with E-state index in [1.807, 2.05) is 0 Å². The van der Waals surface area contributed by atoms with Gasteiger partial charge in [-0.25, -0.2) is 0 Å². The molecule has 2 rings (SSSR count). The summed E-state index contributed by atoms with van der Waals surface area (Å²) in [4.78, 5) is 37.4. The summed E-state index contributed by atoms with van der Waals surface area (Å²) in [6.45, 7) is 2.39. The summed E-state index contributed by atoms with van der Waals surface area (Å²) in [5, 5.41) is 11.7. The Labute approximate surface area is 137 Å². The molecule has 1 heterocycles. The monoisotopic (exact) mass is 324 g/mol. The van der Waals surface area contributed by atoms with Crippen LogP contribution in [0.4, 0.5) is 0 Å². The minimum atomic E-state index is -0.828. The van der Waals surface area contributed by atoms with Gasteiger partial charge in [-0.05, 0) is 45.4 Å². The van der Waals surface area contributed by atoms with Crippen molar-refractivity contribution in [2.45, 2.75) is 76.8 Å². The van der Waals surface area contributed by atoms with Crippen molar-refractivity contribution in [1.29, 1.82) is 0 Å². The molecule has 0 aromatic rings. The first-order valence-electron chi connectivity index (χ1n) is 8.81. The van der Waals surface area contributed by atoms with Crippen molar-refractivity contribution in [2.24, 2.45) is 5.92 Å². The smallest absolute Gasteiger partial charge is 0.303 e. The predicted octanol–water partition coefficient (Wildman–Crippen LogP) is 1.93. The fourth-order valence-electron chi connectivity index (χ4n) is 3.71. The normalized spacial score (nSPS) is 23.5. The van der Waals surface area contributed by atoms with Crippen LogP contribution in [0.2, 0.25) is 0 Å². The summed E-state index contributed by atoms with van der Waals surface area (Å²) < 4.78 is 0. The van der Waals surface area contributed by atoms with Crippen molar-refractivity contribution in [1.82, 2.24) is 10.2 Å². The number of hydrogen-bond donors (Lipinski definition) is 2. The van der Waals surface area contributed by atoms with Gasteiger partial charge < -0.3 is 15.3 Å². The maximum absolute atomic E-state index is 12.7. The average molecular weight is 324 g/mol. The number of carbonyl (C=O) groups is 3. The highest BCUT2D eigenvalue weighted by atomic mass is 16.4. The summed E-state index contributed by atoms with van der Waals surface area (Å²) in [6, 6.07) is -0.549. The van der Waals surface area contributed by atoms with Crippen LogP contribution in [0.1, 0.15) is 64.7 Å². The lowest BCUT2D eigenvalue weighted by molar-refractivity contribution is -0.142. The number of carbonyl (C=O) groups excluding carboxylic acids is 2. The van der Waals surface area contributed by atoms with E-state index in [1.165, 1.54) is 0 Å². The average Bonchev–Trinajstić information content (AvgIpc) is 3.07. The van der Waals surface area contributed by atoms with Gasteiger partial charge >= 0.3 is 5.97 Å². The Kier molecular flexibility index (Phi) is 6.42. The van der Waals surface area contributed by atoms with Crippen LogP contribution < -0.4 is 5.32 Å². The SMILES string of the molecule is CC(NC(=O)C1CCCC1)C(=O)N1CCCCC1CCC(=O)O. The zero-order valence-corrected chi connectivity index (χ0v) is 13.9. The van der Waals surface area contributed by atoms with Crippen molar-refractivity contribution in [3.05, 3.63) is 0 Å². The molecule has 130 valence electrons. The first-order valence-corrected chi connectivity index (χ1v) is 8.81. The van der Waals surface area contributed by atoms with E-state index in [-0.39, 0.29) is 30.2 Å². The lowest BCUT2D eigenvalue weighted by Gasteiger charge is -2.37. The van der Waals surface area contributed by atoms with Gasteiger partial charge in [-0.1, -0.05) is 12.8 Å². The molecular formula is C17H28N2O4. The Balaban J connectivity index is 1.89. The largest absolute Gasteiger partial charge is 0.481 e. The molecule has 0 aromatic heterocycles. The molecule has 2 amide bonds. The third-order valence-electron chi connectivity index (χ3n) is 5.06. The highest BCUT2D eigenvalue weighted by Crippen LogP contribution is 2.25. The molecule has 0 radical (unpaired) electrons. The van der Waals surface area contributed by atoms with Gasteiger partial charge in [0.2, 0.25) is 11.8 Å². The van der Waals surface area contributed by atoms with Crippen LogP contribution in [0.3, 0.4) is 0 Å². The highest BCUT2D eigenvalue weighted by Gasteiger charge is 2.32. The molecule has 23 heavy (non-hydrogen) atoms. The molecule has 1 aliphatic carbocycles. The molecule has 2 unspecified atom stereocenters. The first kappa shape index (κ1) is 17.8. The minimum Gasteiger partial charge on any atom is -0.481 e. The fourth-order valence-corrected chi connectivity index (χ4v) is 3.71. The van der Waals surface area contributed by atoms with Crippen molar-refractivity contribution >= 4 is 17.8 Å². The van der Waals surface area contributed by atoms with E-state index in [1.54, 1.807) is 11.8 Å². The van der Waals surface area contributed by atoms with Gasteiger partial charge in [-0.3, -0.25) is 14.4 Å². The van der Waals surface area contributed by atoms with E-state index >= 15 is 0 Å². The second kappa shape index (κ2) is 8.31. The van der Waals surface area contributed by atoms with Gasteiger partial charge in [0.25, 0.3) is 0 Å². The van der Waals surface area contributed by atoms with E-state index < -0.39 is 12.0 Å². The molecule has 1 saturated heterocycles. The third-order valence-corrected chi connectivity index (χ3v) is 5.06. The second-order valence-electron chi connectivity index (χ2n) is 6.83. The molecule has 0 bridgehead atoms. The van der Waals surface area contributed by atoms with Crippen LogP contribution in [0.15, 0.2) is 0 Å². The van der Waals surface area contributed by atoms with Crippen molar-refractivity contribution in [3.63, 3.8) is 0 Å². The quantitative estimate of drug-likeness (QED) is 0.781. The van der Waals surface area contributed by atoms with Crippen molar-refractivity contribution in [2.75, 3.05) is 6.54 Å². The maximum atomic E-state index is 12.7. The van der Waals surface area contributed by atoms with Gasteiger partial charge in [0.1, 0.15) is 6.04 Å². The van der Waals surface area contributed by atoms with Crippen LogP contribution >= 0.6 is 0 Å². The van der Waals surface area contributed by atoms with Gasteiger partial charge in [-0.2, -0.15) is 0 Å². The van der Waals surface area contributed by atoms with E-state index in [4.69, 9.17) is 5.11 Å². The lowest BCUT2D eigenvalue weighted by atomic mass is 9.97. The van der Waals surface area contributed by atoms with Gasteiger partial charge in [-0.15, -0.1) is 0 Å². The second-order valence-corrected chi connectivity index (χ2v) is 6.83. The first-order chi connectivity index (χ1) is 11.0. The Morgan fingerprint density at radius 1 is 1.13 bits per heavy atom. The van der Waals surface area contributed by atoms with Crippen LogP contribution in [-0.2, 0) is 14.4 Å². The zero-order chi connectivity index (χ0) is 16.8. The molecule has 6 nitrogen and oxygen atoms in total. The van der Waals surface area contributed by atoms with Crippen molar-refractivity contribution in [3.8, 4) is 0 Å². The molecule has 1 saturated carbocycles. The lowest BCUT2D eigenvalue weighted by Crippen LogP contribution is -2.53. The van der Waals surface area contributed by atoms with Crippen LogP contribution in [0.5, 0.6) is 0 Å². The summed E-state index contributed by atoms with van der Waals surface area (Å²) in [5.41, 5.74) is 0. The van der Waals surface area contributed by atoms with Gasteiger partial charge in [0.05, 0.1) is 0 Å². The predicted molar refractivity (Wildman–Crippen MR) is 85.8 cm³/mol. The Morgan fingerprint density at radius 2 is 1.78 bits per heavy atom. The Hall–Kier alpha value is -1.59. The number of nitrogens with one attached hydrogen (secondary N) is 1. The number of aliphatic carboxylic acids is 1. The molecule has 0 spiro atoms. The fraction of sp³-hybridized carbons (Fsp3) is 0.824. The number of hydrogen-bond acceptors (Lipinski definition) is 3. The summed E-state index contributed by atoms with van der Waals surface area (Å²) in [7, 11) is 0. The third kappa shape index (κ3) is 4.94. The minimum absolute atomic E-state index is 0.0116. The molecule has 6 heteroatoms. The van der Waals surface area contributed by atoms with Crippen molar-refractivity contribution < 1.29 is 19.5 Å². The van der Waals surface area contributed by atoms with Crippen LogP contribution in [-0.4, -0.2) is 46.4 Å². The standard InChI is InChI=1S/C17H28N2O4/c1-12(18-16(22)13-6-2-3-7-13)17(23)19-11-5-4-8-14(19)9-10-15(20)21/h12-14H,2-11H2,1H3,(H,18,22)(H,20,21). The highest BCUT2D eigenvalue weighted by molar-refractivity contribution is 5.88. The number of likely N-dealkylation sites (tertiary alicyclic amines) is 1.